The number of hydrogen-bond acceptors (Lipinski definition) is 5. The van der Waals surface area contributed by atoms with E-state index in [1.807, 2.05) is 30.3 Å². The Kier molecular flexibility index (Phi) is 5.09. The van der Waals surface area contributed by atoms with Crippen molar-refractivity contribution in [2.24, 2.45) is 0 Å². The predicted molar refractivity (Wildman–Crippen MR) is 73.8 cm³/mol. The van der Waals surface area contributed by atoms with Gasteiger partial charge in [-0.1, -0.05) is 41.7 Å². The molecule has 0 atom stereocenters. The van der Waals surface area contributed by atoms with E-state index in [0.717, 1.165) is 24.0 Å². The minimum atomic E-state index is -4.53. The molecule has 1 amide bonds. The molecule has 0 fully saturated rings. The lowest BCUT2D eigenvalue weighted by atomic mass is 10.2. The third-order valence-corrected chi connectivity index (χ3v) is 3.58. The van der Waals surface area contributed by atoms with Gasteiger partial charge in [-0.25, -0.2) is 5.06 Å². The van der Waals surface area contributed by atoms with Crippen molar-refractivity contribution in [3.8, 4) is 10.6 Å². The number of carbonyl (C=O) groups is 1. The third kappa shape index (κ3) is 4.50. The Labute approximate surface area is 128 Å². The van der Waals surface area contributed by atoms with Gasteiger partial charge in [-0.15, -0.1) is 10.2 Å². The van der Waals surface area contributed by atoms with Crippen molar-refractivity contribution < 1.29 is 22.8 Å². The zero-order valence-corrected chi connectivity index (χ0v) is 12.3. The molecule has 0 unspecified atom stereocenters. The highest BCUT2D eigenvalue weighted by molar-refractivity contribution is 7.14. The highest BCUT2D eigenvalue weighted by Crippen LogP contribution is 2.24. The van der Waals surface area contributed by atoms with E-state index in [4.69, 9.17) is 0 Å². The van der Waals surface area contributed by atoms with Crippen LogP contribution in [0.4, 0.5) is 13.2 Å². The molecular weight excluding hydrogens is 319 g/mol. The quantitative estimate of drug-likeness (QED) is 0.791. The molecule has 0 aliphatic heterocycles. The van der Waals surface area contributed by atoms with Crippen LogP contribution in [0.1, 0.15) is 5.01 Å². The molecule has 0 saturated heterocycles. The Morgan fingerprint density at radius 3 is 2.55 bits per heavy atom. The number of benzene rings is 1. The molecule has 22 heavy (non-hydrogen) atoms. The van der Waals surface area contributed by atoms with Crippen molar-refractivity contribution in [1.29, 1.82) is 0 Å². The second kappa shape index (κ2) is 6.84. The number of halogens is 3. The molecule has 0 bridgehead atoms. The number of aromatic nitrogens is 2. The molecule has 118 valence electrons. The molecule has 0 aliphatic carbocycles. The molecule has 2 rings (SSSR count). The van der Waals surface area contributed by atoms with Crippen LogP contribution in [-0.2, 0) is 16.1 Å². The summed E-state index contributed by atoms with van der Waals surface area (Å²) in [5, 5.41) is 8.96. The van der Waals surface area contributed by atoms with Crippen LogP contribution < -0.4 is 0 Å². The van der Waals surface area contributed by atoms with Crippen LogP contribution >= 0.6 is 11.3 Å². The van der Waals surface area contributed by atoms with Crippen molar-refractivity contribution in [2.45, 2.75) is 12.6 Å². The van der Waals surface area contributed by atoms with Crippen LogP contribution in [0.15, 0.2) is 30.3 Å². The summed E-state index contributed by atoms with van der Waals surface area (Å²) in [6.07, 6.45) is -4.82. The van der Waals surface area contributed by atoms with Crippen LogP contribution in [0.3, 0.4) is 0 Å². The monoisotopic (exact) mass is 331 g/mol. The van der Waals surface area contributed by atoms with Gasteiger partial charge < -0.3 is 0 Å². The molecule has 0 saturated carbocycles. The second-order valence-electron chi connectivity index (χ2n) is 4.27. The normalized spacial score (nSPS) is 11.5. The maximum Gasteiger partial charge on any atom is 0.408 e. The van der Waals surface area contributed by atoms with Crippen LogP contribution in [0.25, 0.3) is 10.6 Å². The van der Waals surface area contributed by atoms with Gasteiger partial charge in [0.2, 0.25) is 0 Å². The fourth-order valence-corrected chi connectivity index (χ4v) is 2.49. The Morgan fingerprint density at radius 1 is 1.27 bits per heavy atom. The van der Waals surface area contributed by atoms with Crippen molar-refractivity contribution in [1.82, 2.24) is 15.3 Å². The topological polar surface area (TPSA) is 55.3 Å². The summed E-state index contributed by atoms with van der Waals surface area (Å²) in [5.74, 6) is -0.824. The number of hydrogen-bond donors (Lipinski definition) is 0. The highest BCUT2D eigenvalue weighted by atomic mass is 32.1. The number of carbonyl (C=O) groups excluding carboxylic acids is 1. The van der Waals surface area contributed by atoms with E-state index in [9.17, 15) is 18.0 Å². The molecule has 2 aromatic rings. The van der Waals surface area contributed by atoms with Gasteiger partial charge in [0.05, 0.1) is 13.5 Å². The van der Waals surface area contributed by atoms with Crippen molar-refractivity contribution in [2.75, 3.05) is 13.7 Å². The van der Waals surface area contributed by atoms with Crippen LogP contribution in [-0.4, -0.2) is 41.0 Å². The average Bonchev–Trinajstić information content (AvgIpc) is 2.93. The van der Waals surface area contributed by atoms with E-state index in [-0.39, 0.29) is 11.5 Å². The van der Waals surface area contributed by atoms with Gasteiger partial charge in [-0.2, -0.15) is 13.2 Å². The van der Waals surface area contributed by atoms with Crippen LogP contribution in [0, 0.1) is 0 Å². The molecule has 0 radical (unpaired) electrons. The first-order valence-electron chi connectivity index (χ1n) is 6.18. The summed E-state index contributed by atoms with van der Waals surface area (Å²) < 4.78 is 37.0. The van der Waals surface area contributed by atoms with Gasteiger partial charge in [0.15, 0.2) is 0 Å². The van der Waals surface area contributed by atoms with Gasteiger partial charge in [-0.05, 0) is 0 Å². The Morgan fingerprint density at radius 2 is 1.95 bits per heavy atom. The lowest BCUT2D eigenvalue weighted by molar-refractivity contribution is -0.223. The van der Waals surface area contributed by atoms with E-state index in [1.54, 1.807) is 0 Å². The Hall–Kier alpha value is -2.00. The molecule has 1 heterocycles. The third-order valence-electron chi connectivity index (χ3n) is 2.61. The minimum Gasteiger partial charge on any atom is -0.274 e. The molecule has 9 heteroatoms. The zero-order chi connectivity index (χ0) is 16.2. The molecular formula is C13H12F3N3O2S. The first-order valence-corrected chi connectivity index (χ1v) is 7.00. The van der Waals surface area contributed by atoms with E-state index >= 15 is 0 Å². The van der Waals surface area contributed by atoms with Gasteiger partial charge >= 0.3 is 6.18 Å². The highest BCUT2D eigenvalue weighted by Gasteiger charge is 2.33. The van der Waals surface area contributed by atoms with E-state index in [1.165, 1.54) is 0 Å². The van der Waals surface area contributed by atoms with E-state index in [2.05, 4.69) is 15.0 Å². The largest absolute Gasteiger partial charge is 0.408 e. The first kappa shape index (κ1) is 16.4. The summed E-state index contributed by atoms with van der Waals surface area (Å²) in [4.78, 5) is 16.3. The second-order valence-corrected chi connectivity index (χ2v) is 5.33. The van der Waals surface area contributed by atoms with Gasteiger partial charge in [0, 0.05) is 5.56 Å². The fraction of sp³-hybridized carbons (Fsp3) is 0.308. The molecule has 1 aromatic heterocycles. The summed E-state index contributed by atoms with van der Waals surface area (Å²) in [6.45, 7) is -1.47. The van der Waals surface area contributed by atoms with Gasteiger partial charge in [0.1, 0.15) is 16.6 Å². The van der Waals surface area contributed by atoms with Crippen molar-refractivity contribution in [3.63, 3.8) is 0 Å². The number of amides is 1. The van der Waals surface area contributed by atoms with Crippen LogP contribution in [0.2, 0.25) is 0 Å². The average molecular weight is 331 g/mol. The van der Waals surface area contributed by atoms with E-state index in [0.29, 0.717) is 10.0 Å². The summed E-state index contributed by atoms with van der Waals surface area (Å²) in [6, 6.07) is 9.17. The molecule has 0 aliphatic rings. The van der Waals surface area contributed by atoms with Crippen molar-refractivity contribution in [3.05, 3.63) is 35.3 Å². The number of alkyl halides is 3. The fourth-order valence-electron chi connectivity index (χ4n) is 1.66. The standard InChI is InChI=1S/C13H12F3N3O2S/c1-21-19(8-13(14,15)16)11(20)7-10-17-18-12(22-10)9-5-3-2-4-6-9/h2-6H,7-8H2,1H3. The molecule has 0 N–H and O–H groups in total. The number of hydroxylamine groups is 2. The van der Waals surface area contributed by atoms with Crippen LogP contribution in [0.5, 0.6) is 0 Å². The maximum absolute atomic E-state index is 12.3. The van der Waals surface area contributed by atoms with Gasteiger partial charge in [-0.3, -0.25) is 9.63 Å². The lowest BCUT2D eigenvalue weighted by Crippen LogP contribution is -2.38. The Balaban J connectivity index is 2.04. The molecule has 0 spiro atoms. The predicted octanol–water partition coefficient (Wildman–Crippen LogP) is 2.70. The zero-order valence-electron chi connectivity index (χ0n) is 11.5. The molecule has 1 aromatic carbocycles. The maximum atomic E-state index is 12.3. The molecule has 5 nitrogen and oxygen atoms in total. The lowest BCUT2D eigenvalue weighted by Gasteiger charge is -2.20. The smallest absolute Gasteiger partial charge is 0.274 e. The summed E-state index contributed by atoms with van der Waals surface area (Å²) in [7, 11) is 1.01. The minimum absolute atomic E-state index is 0.267. The number of rotatable bonds is 5. The summed E-state index contributed by atoms with van der Waals surface area (Å²) >= 11 is 1.15. The summed E-state index contributed by atoms with van der Waals surface area (Å²) in [5.41, 5.74) is 0.831. The Bertz CT molecular complexity index is 631. The first-order chi connectivity index (χ1) is 10.4. The van der Waals surface area contributed by atoms with E-state index < -0.39 is 18.6 Å². The van der Waals surface area contributed by atoms with Gasteiger partial charge in [0.25, 0.3) is 5.91 Å². The number of nitrogens with zero attached hydrogens (tertiary/aromatic N) is 3. The SMILES string of the molecule is CON(CC(F)(F)F)C(=O)Cc1nnc(-c2ccccc2)s1. The van der Waals surface area contributed by atoms with Crippen molar-refractivity contribution >= 4 is 17.2 Å².